The van der Waals surface area contributed by atoms with Crippen molar-refractivity contribution < 1.29 is 0 Å². The third-order valence-corrected chi connectivity index (χ3v) is 11.3. The number of aryl methyl sites for hydroxylation is 4. The van der Waals surface area contributed by atoms with Crippen LogP contribution in [0.5, 0.6) is 0 Å². The second-order valence-corrected chi connectivity index (χ2v) is 15.3. The summed E-state index contributed by atoms with van der Waals surface area (Å²) in [6.45, 7) is 8.86. The van der Waals surface area contributed by atoms with Crippen molar-refractivity contribution in [2.45, 2.75) is 40.5 Å². The molecule has 60 heavy (non-hydrogen) atoms. The summed E-state index contributed by atoms with van der Waals surface area (Å²) < 4.78 is 0. The highest BCUT2D eigenvalue weighted by Crippen LogP contribution is 2.40. The maximum Gasteiger partial charge on any atom is 0.0522 e. The fraction of sp³-hybridized carbons (Fsp3) is 0.103. The van der Waals surface area contributed by atoms with Gasteiger partial charge in [-0.2, -0.15) is 0 Å². The molecular weight excluding hydrogens is 725 g/mol. The zero-order valence-electron chi connectivity index (χ0n) is 35.1. The molecule has 0 spiro atoms. The van der Waals surface area contributed by atoms with Gasteiger partial charge in [0.2, 0.25) is 0 Å². The second kappa shape index (κ2) is 18.6. The lowest BCUT2D eigenvalue weighted by molar-refractivity contribution is 1.10. The largest absolute Gasteiger partial charge is 0.310 e. The van der Waals surface area contributed by atoms with Crippen LogP contribution in [0, 0.1) is 13.8 Å². The predicted octanol–water partition coefficient (Wildman–Crippen LogP) is 16.4. The summed E-state index contributed by atoms with van der Waals surface area (Å²) in [4.78, 5) is 4.77. The Morgan fingerprint density at radius 1 is 0.317 bits per heavy atom. The van der Waals surface area contributed by atoms with Crippen LogP contribution < -0.4 is 9.80 Å². The molecule has 0 unspecified atom stereocenters. The summed E-state index contributed by atoms with van der Waals surface area (Å²) in [6, 6.07) is 69.9. The number of rotatable bonds is 13. The number of nitrogens with zero attached hydrogens (tertiary/aromatic N) is 2. The smallest absolute Gasteiger partial charge is 0.0522 e. The fourth-order valence-electron chi connectivity index (χ4n) is 8.05. The van der Waals surface area contributed by atoms with Crippen LogP contribution >= 0.6 is 0 Å². The number of hydrogen-bond acceptors (Lipinski definition) is 2. The van der Waals surface area contributed by atoms with E-state index < -0.39 is 0 Å². The van der Waals surface area contributed by atoms with E-state index in [1.165, 1.54) is 55.9 Å². The second-order valence-electron chi connectivity index (χ2n) is 15.3. The maximum absolute atomic E-state index is 2.39. The van der Waals surface area contributed by atoms with Gasteiger partial charge in [-0.3, -0.25) is 0 Å². The van der Waals surface area contributed by atoms with E-state index in [-0.39, 0.29) is 0 Å². The van der Waals surface area contributed by atoms with Gasteiger partial charge in [-0.25, -0.2) is 0 Å². The quantitative estimate of drug-likeness (QED) is 0.108. The third-order valence-electron chi connectivity index (χ3n) is 11.3. The Morgan fingerprint density at radius 2 is 0.617 bits per heavy atom. The van der Waals surface area contributed by atoms with Crippen LogP contribution in [-0.2, 0) is 12.8 Å². The lowest BCUT2D eigenvalue weighted by atomic mass is 10.0. The molecule has 2 nitrogen and oxygen atoms in total. The van der Waals surface area contributed by atoms with Crippen molar-refractivity contribution in [3.8, 4) is 11.1 Å². The predicted molar refractivity (Wildman–Crippen MR) is 260 cm³/mol. The first-order valence-electron chi connectivity index (χ1n) is 21.1. The fourth-order valence-corrected chi connectivity index (χ4v) is 8.05. The highest BCUT2D eigenvalue weighted by atomic mass is 15.2. The van der Waals surface area contributed by atoms with Crippen LogP contribution in [-0.4, -0.2) is 0 Å². The van der Waals surface area contributed by atoms with Gasteiger partial charge >= 0.3 is 0 Å². The van der Waals surface area contributed by atoms with Crippen LogP contribution in [0.1, 0.15) is 58.4 Å². The minimum Gasteiger partial charge on any atom is -0.310 e. The molecule has 0 heterocycles. The van der Waals surface area contributed by atoms with Crippen molar-refractivity contribution in [2.24, 2.45) is 0 Å². The van der Waals surface area contributed by atoms with E-state index in [1.807, 2.05) is 0 Å². The van der Waals surface area contributed by atoms with Crippen LogP contribution in [0.15, 0.2) is 194 Å². The first-order valence-corrected chi connectivity index (χ1v) is 21.1. The summed E-state index contributed by atoms with van der Waals surface area (Å²) in [5.74, 6) is 0. The van der Waals surface area contributed by atoms with Gasteiger partial charge in [0, 0.05) is 22.7 Å². The molecule has 0 aliphatic carbocycles. The molecule has 8 rings (SSSR count). The number of anilines is 6. The van der Waals surface area contributed by atoms with E-state index in [9.17, 15) is 0 Å². The third kappa shape index (κ3) is 8.94. The van der Waals surface area contributed by atoms with Crippen molar-refractivity contribution in [2.75, 3.05) is 9.80 Å². The minimum absolute atomic E-state index is 0.976. The van der Waals surface area contributed by atoms with E-state index in [0.29, 0.717) is 0 Å². The first kappa shape index (κ1) is 39.7. The lowest BCUT2D eigenvalue weighted by Gasteiger charge is -2.29. The monoisotopic (exact) mass is 776 g/mol. The molecule has 0 fully saturated rings. The molecule has 0 bridgehead atoms. The van der Waals surface area contributed by atoms with Crippen LogP contribution in [0.2, 0.25) is 0 Å². The average molecular weight is 777 g/mol. The Kier molecular flexibility index (Phi) is 12.3. The summed E-state index contributed by atoms with van der Waals surface area (Å²) in [5, 5.41) is 0. The Bertz CT molecular complexity index is 2500. The van der Waals surface area contributed by atoms with Gasteiger partial charge in [-0.15, -0.1) is 0 Å². The molecule has 0 N–H and O–H groups in total. The topological polar surface area (TPSA) is 6.48 Å². The molecule has 8 aromatic rings. The zero-order chi connectivity index (χ0) is 41.3. The Morgan fingerprint density at radius 3 is 0.933 bits per heavy atom. The Balaban J connectivity index is 0.928. The number of benzene rings is 8. The summed E-state index contributed by atoms with van der Waals surface area (Å²) in [6.07, 6.45) is 10.7. The van der Waals surface area contributed by atoms with E-state index in [4.69, 9.17) is 0 Å². The number of hydrogen-bond donors (Lipinski definition) is 0. The highest BCUT2D eigenvalue weighted by molar-refractivity contribution is 5.83. The van der Waals surface area contributed by atoms with Crippen molar-refractivity contribution in [3.05, 3.63) is 239 Å². The van der Waals surface area contributed by atoms with E-state index in [0.717, 1.165) is 46.7 Å². The molecule has 2 heteroatoms. The zero-order valence-corrected chi connectivity index (χ0v) is 35.1. The molecule has 0 atom stereocenters. The van der Waals surface area contributed by atoms with Crippen molar-refractivity contribution >= 4 is 58.4 Å². The Hall–Kier alpha value is -7.16. The Labute approximate surface area is 357 Å². The van der Waals surface area contributed by atoms with Gasteiger partial charge in [0.1, 0.15) is 0 Å². The maximum atomic E-state index is 2.39. The van der Waals surface area contributed by atoms with Gasteiger partial charge in [0.25, 0.3) is 0 Å². The van der Waals surface area contributed by atoms with Gasteiger partial charge < -0.3 is 9.80 Å². The molecule has 0 radical (unpaired) electrons. The standard InChI is InChI=1S/C58H52N2/c1-5-49-17-13-15-43(3)57(49)59(53-19-9-7-10-20-53)55-39-31-47(32-40-55)25-23-45-27-35-51(36-28-45)52-37-29-46(30-38-52)24-26-48-33-41-56(42-34-48)60(54-21-11-8-12-22-54)58-44(4)16-14-18-50(58)6-2/h7-42H,5-6H2,1-4H3/b25-23+,26-24+. The van der Waals surface area contributed by atoms with Gasteiger partial charge in [-0.05, 0) is 131 Å². The van der Waals surface area contributed by atoms with E-state index in [1.54, 1.807) is 0 Å². The molecule has 294 valence electrons. The van der Waals surface area contributed by atoms with Gasteiger partial charge in [0.05, 0.1) is 11.4 Å². The molecule has 0 aromatic heterocycles. The summed E-state index contributed by atoms with van der Waals surface area (Å²) in [5.41, 5.74) is 19.4. The SMILES string of the molecule is CCc1cccc(C)c1N(c1ccccc1)c1ccc(/C=C/c2ccc(-c3ccc(/C=C/c4ccc(N(c5ccccc5)c5c(C)cccc5CC)cc4)cc3)cc2)cc1. The van der Waals surface area contributed by atoms with Gasteiger partial charge in [0.15, 0.2) is 0 Å². The first-order chi connectivity index (χ1) is 29.5. The van der Waals surface area contributed by atoms with Crippen molar-refractivity contribution in [1.29, 1.82) is 0 Å². The van der Waals surface area contributed by atoms with Crippen LogP contribution in [0.25, 0.3) is 35.4 Å². The molecule has 0 aliphatic rings. The molecule has 0 aliphatic heterocycles. The summed E-state index contributed by atoms with van der Waals surface area (Å²) >= 11 is 0. The van der Waals surface area contributed by atoms with Crippen molar-refractivity contribution in [1.82, 2.24) is 0 Å². The molecule has 0 amide bonds. The average Bonchev–Trinajstić information content (AvgIpc) is 3.30. The van der Waals surface area contributed by atoms with Crippen LogP contribution in [0.3, 0.4) is 0 Å². The summed E-state index contributed by atoms with van der Waals surface area (Å²) in [7, 11) is 0. The molecule has 0 saturated carbocycles. The van der Waals surface area contributed by atoms with E-state index >= 15 is 0 Å². The highest BCUT2D eigenvalue weighted by Gasteiger charge is 2.19. The van der Waals surface area contributed by atoms with E-state index in [2.05, 4.69) is 256 Å². The molecule has 8 aromatic carbocycles. The minimum atomic E-state index is 0.976. The lowest BCUT2D eigenvalue weighted by Crippen LogP contribution is -2.13. The van der Waals surface area contributed by atoms with Gasteiger partial charge in [-0.1, -0.05) is 184 Å². The number of para-hydroxylation sites is 4. The van der Waals surface area contributed by atoms with Crippen LogP contribution in [0.4, 0.5) is 34.1 Å². The molecular formula is C58H52N2. The normalized spacial score (nSPS) is 11.3. The van der Waals surface area contributed by atoms with Crippen molar-refractivity contribution in [3.63, 3.8) is 0 Å². The molecule has 0 saturated heterocycles.